The first-order chi connectivity index (χ1) is 9.78. The van der Waals surface area contributed by atoms with E-state index in [4.69, 9.17) is 0 Å². The minimum Gasteiger partial charge on any atom is -0.139 e. The van der Waals surface area contributed by atoms with E-state index in [9.17, 15) is 0 Å². The van der Waals surface area contributed by atoms with E-state index < -0.39 is 0 Å². The maximum absolute atomic E-state index is 2.33. The molecular weight excluding hydrogens is 280 g/mol. The molecule has 4 aromatic rings. The van der Waals surface area contributed by atoms with Crippen LogP contribution < -0.4 is 0 Å². The normalized spacial score (nSPS) is 12.3. The molecule has 98 valence electrons. The molecule has 0 aliphatic heterocycles. The van der Waals surface area contributed by atoms with Crippen molar-refractivity contribution < 1.29 is 0 Å². The number of benzene rings is 2. The largest absolute Gasteiger partial charge is 0.139 e. The zero-order valence-electron chi connectivity index (χ0n) is 11.4. The average molecular weight is 294 g/mol. The predicted molar refractivity (Wildman–Crippen MR) is 94.2 cm³/mol. The topological polar surface area (TPSA) is 0 Å². The molecule has 0 bridgehead atoms. The molecule has 4 rings (SSSR count). The summed E-state index contributed by atoms with van der Waals surface area (Å²) in [6.45, 7) is 4.28. The molecule has 0 radical (unpaired) electrons. The van der Waals surface area contributed by atoms with Crippen molar-refractivity contribution in [3.63, 3.8) is 0 Å². The van der Waals surface area contributed by atoms with Crippen molar-refractivity contribution in [3.8, 4) is 0 Å². The first kappa shape index (κ1) is 12.1. The first-order valence-electron chi connectivity index (χ1n) is 6.75. The van der Waals surface area contributed by atoms with Crippen molar-refractivity contribution in [3.05, 3.63) is 52.2 Å². The number of fused-ring (bicyclic) bond motifs is 6. The van der Waals surface area contributed by atoms with Gasteiger partial charge in [-0.2, -0.15) is 0 Å². The Labute approximate surface area is 126 Å². The van der Waals surface area contributed by atoms with Crippen molar-refractivity contribution >= 4 is 59.7 Å². The smallest absolute Gasteiger partial charge is 0.0534 e. The van der Waals surface area contributed by atoms with E-state index >= 15 is 0 Å². The van der Waals surface area contributed by atoms with E-state index in [2.05, 4.69) is 62.4 Å². The second-order valence-electron chi connectivity index (χ2n) is 5.04. The Bertz CT molecular complexity index is 967. The Balaban J connectivity index is 2.31. The van der Waals surface area contributed by atoms with E-state index in [-0.39, 0.29) is 0 Å². The van der Waals surface area contributed by atoms with Gasteiger partial charge in [-0.3, -0.25) is 0 Å². The molecule has 2 heteroatoms. The van der Waals surface area contributed by atoms with Gasteiger partial charge in [-0.1, -0.05) is 30.3 Å². The maximum Gasteiger partial charge on any atom is 0.0534 e. The molecule has 0 fully saturated rings. The number of allylic oxidation sites excluding steroid dienone is 1. The second kappa shape index (κ2) is 4.44. The third-order valence-corrected chi connectivity index (χ3v) is 5.97. The van der Waals surface area contributed by atoms with Crippen LogP contribution in [0.5, 0.6) is 0 Å². The molecule has 0 aliphatic carbocycles. The quantitative estimate of drug-likeness (QED) is 0.370. The van der Waals surface area contributed by atoms with Crippen LogP contribution >= 0.6 is 22.7 Å². The van der Waals surface area contributed by atoms with Crippen LogP contribution in [-0.2, 0) is 0 Å². The second-order valence-corrected chi connectivity index (χ2v) is 7.38. The van der Waals surface area contributed by atoms with Gasteiger partial charge < -0.3 is 0 Å². The van der Waals surface area contributed by atoms with Crippen LogP contribution in [0.15, 0.2) is 42.5 Å². The lowest BCUT2D eigenvalue weighted by atomic mass is 10.0. The Morgan fingerprint density at radius 3 is 2.20 bits per heavy atom. The van der Waals surface area contributed by atoms with Gasteiger partial charge in [0.05, 0.1) is 9.40 Å². The molecule has 0 atom stereocenters. The summed E-state index contributed by atoms with van der Waals surface area (Å²) < 4.78 is 2.88. The van der Waals surface area contributed by atoms with Crippen LogP contribution in [0.3, 0.4) is 0 Å². The van der Waals surface area contributed by atoms with Gasteiger partial charge in [0.2, 0.25) is 0 Å². The molecule has 0 spiro atoms. The molecule has 2 aromatic carbocycles. The van der Waals surface area contributed by atoms with E-state index in [1.807, 2.05) is 22.7 Å². The zero-order chi connectivity index (χ0) is 13.7. The Morgan fingerprint density at radius 2 is 1.50 bits per heavy atom. The fourth-order valence-corrected chi connectivity index (χ4v) is 5.19. The highest BCUT2D eigenvalue weighted by Gasteiger charge is 2.12. The number of aryl methyl sites for hydroxylation is 1. The SMILES string of the molecule is C/C=C/c1cc2c3ccccc3c3cc(C)sc3c2s1. The molecule has 0 nitrogen and oxygen atoms in total. The highest BCUT2D eigenvalue weighted by Crippen LogP contribution is 2.43. The van der Waals surface area contributed by atoms with Crippen molar-refractivity contribution in [2.45, 2.75) is 13.8 Å². The van der Waals surface area contributed by atoms with Gasteiger partial charge in [-0.15, -0.1) is 22.7 Å². The Kier molecular flexibility index (Phi) is 2.69. The third-order valence-electron chi connectivity index (χ3n) is 3.65. The molecule has 0 saturated heterocycles. The summed E-state index contributed by atoms with van der Waals surface area (Å²) in [5.41, 5.74) is 0. The molecule has 2 aromatic heterocycles. The average Bonchev–Trinajstić information content (AvgIpc) is 3.02. The van der Waals surface area contributed by atoms with Crippen molar-refractivity contribution in [1.82, 2.24) is 0 Å². The fourth-order valence-electron chi connectivity index (χ4n) is 2.86. The number of hydrogen-bond donors (Lipinski definition) is 0. The van der Waals surface area contributed by atoms with Gasteiger partial charge in [-0.25, -0.2) is 0 Å². The fraction of sp³-hybridized carbons (Fsp3) is 0.111. The minimum absolute atomic E-state index is 1.34. The standard InChI is InChI=1S/C18H14S2/c1-3-6-12-10-16-14-8-5-4-7-13(14)15-9-11(2)19-17(15)18(16)20-12/h3-10H,1-2H3/b6-3+. The summed E-state index contributed by atoms with van der Waals surface area (Å²) in [4.78, 5) is 2.73. The van der Waals surface area contributed by atoms with Gasteiger partial charge in [0.25, 0.3) is 0 Å². The van der Waals surface area contributed by atoms with Crippen LogP contribution in [0, 0.1) is 6.92 Å². The summed E-state index contributed by atoms with van der Waals surface area (Å²) in [7, 11) is 0. The molecule has 0 amide bonds. The summed E-state index contributed by atoms with van der Waals surface area (Å²) in [6, 6.07) is 13.4. The highest BCUT2D eigenvalue weighted by atomic mass is 32.1. The lowest BCUT2D eigenvalue weighted by Crippen LogP contribution is -1.74. The molecule has 20 heavy (non-hydrogen) atoms. The predicted octanol–water partition coefficient (Wildman–Crippen LogP) is 6.61. The summed E-state index contributed by atoms with van der Waals surface area (Å²) in [5, 5.41) is 5.56. The summed E-state index contributed by atoms with van der Waals surface area (Å²) >= 11 is 3.82. The minimum atomic E-state index is 1.34. The first-order valence-corrected chi connectivity index (χ1v) is 8.38. The van der Waals surface area contributed by atoms with Crippen molar-refractivity contribution in [2.24, 2.45) is 0 Å². The number of thiophene rings is 2. The summed E-state index contributed by atoms with van der Waals surface area (Å²) in [6.07, 6.45) is 4.31. The van der Waals surface area contributed by atoms with Gasteiger partial charge in [-0.05, 0) is 42.8 Å². The Hall–Kier alpha value is -1.64. The van der Waals surface area contributed by atoms with E-state index in [1.54, 1.807) is 0 Å². The van der Waals surface area contributed by atoms with E-state index in [0.29, 0.717) is 0 Å². The van der Waals surface area contributed by atoms with Crippen molar-refractivity contribution in [2.75, 3.05) is 0 Å². The van der Waals surface area contributed by atoms with Crippen LogP contribution in [0.25, 0.3) is 37.0 Å². The third kappa shape index (κ3) is 1.65. The van der Waals surface area contributed by atoms with Gasteiger partial charge in [0.15, 0.2) is 0 Å². The highest BCUT2D eigenvalue weighted by molar-refractivity contribution is 7.28. The molecule has 0 aliphatic rings. The maximum atomic E-state index is 2.33. The molecule has 2 heterocycles. The zero-order valence-corrected chi connectivity index (χ0v) is 13.1. The van der Waals surface area contributed by atoms with Gasteiger partial charge >= 0.3 is 0 Å². The molecular formula is C18H14S2. The monoisotopic (exact) mass is 294 g/mol. The van der Waals surface area contributed by atoms with Gasteiger partial charge in [0, 0.05) is 20.5 Å². The Morgan fingerprint density at radius 1 is 0.850 bits per heavy atom. The van der Waals surface area contributed by atoms with E-state index in [0.717, 1.165) is 0 Å². The summed E-state index contributed by atoms with van der Waals surface area (Å²) in [5.74, 6) is 0. The number of hydrogen-bond acceptors (Lipinski definition) is 2. The molecule has 0 saturated carbocycles. The molecule has 0 unspecified atom stereocenters. The lowest BCUT2D eigenvalue weighted by molar-refractivity contribution is 1.66. The molecule has 0 N–H and O–H groups in total. The van der Waals surface area contributed by atoms with Crippen molar-refractivity contribution in [1.29, 1.82) is 0 Å². The van der Waals surface area contributed by atoms with Crippen LogP contribution in [0.1, 0.15) is 16.7 Å². The number of rotatable bonds is 1. The van der Waals surface area contributed by atoms with E-state index in [1.165, 1.54) is 40.7 Å². The van der Waals surface area contributed by atoms with Crippen LogP contribution in [-0.4, -0.2) is 0 Å². The van der Waals surface area contributed by atoms with Crippen LogP contribution in [0.2, 0.25) is 0 Å². The van der Waals surface area contributed by atoms with Gasteiger partial charge in [0.1, 0.15) is 0 Å². The van der Waals surface area contributed by atoms with Crippen LogP contribution in [0.4, 0.5) is 0 Å². The lowest BCUT2D eigenvalue weighted by Gasteiger charge is -2.02.